The smallest absolute Gasteiger partial charge is 0.242 e. The highest BCUT2D eigenvalue weighted by Gasteiger charge is 2.29. The first-order chi connectivity index (χ1) is 11.6. The van der Waals surface area contributed by atoms with E-state index in [2.05, 4.69) is 29.3 Å². The van der Waals surface area contributed by atoms with E-state index in [0.717, 1.165) is 19.0 Å². The summed E-state index contributed by atoms with van der Waals surface area (Å²) in [5.41, 5.74) is 1.20. The number of benzene rings is 1. The number of anilines is 1. The topological polar surface area (TPSA) is 52.7 Å². The predicted molar refractivity (Wildman–Crippen MR) is 94.7 cm³/mol. The molecule has 2 fully saturated rings. The van der Waals surface area contributed by atoms with Crippen LogP contribution in [0.3, 0.4) is 0 Å². The van der Waals surface area contributed by atoms with E-state index in [4.69, 9.17) is 0 Å². The Balaban J connectivity index is 1.38. The molecular formula is C19H27N3O2. The van der Waals surface area contributed by atoms with Crippen LogP contribution in [0.25, 0.3) is 0 Å². The third-order valence-electron chi connectivity index (χ3n) is 5.12. The maximum atomic E-state index is 12.3. The van der Waals surface area contributed by atoms with Gasteiger partial charge in [0, 0.05) is 38.3 Å². The average molecular weight is 329 g/mol. The highest BCUT2D eigenvalue weighted by molar-refractivity contribution is 5.85. The van der Waals surface area contributed by atoms with Gasteiger partial charge in [0.1, 0.15) is 0 Å². The molecule has 1 heterocycles. The summed E-state index contributed by atoms with van der Waals surface area (Å²) in [6.45, 7) is 5.35. The first-order valence-electron chi connectivity index (χ1n) is 8.98. The van der Waals surface area contributed by atoms with Crippen molar-refractivity contribution in [3.05, 3.63) is 30.3 Å². The number of nitrogens with zero attached hydrogens (tertiary/aromatic N) is 2. The van der Waals surface area contributed by atoms with Crippen molar-refractivity contribution in [2.75, 3.05) is 37.6 Å². The van der Waals surface area contributed by atoms with Crippen LogP contribution in [0.15, 0.2) is 30.3 Å². The molecule has 1 aromatic rings. The second-order valence-electron chi connectivity index (χ2n) is 7.00. The van der Waals surface area contributed by atoms with Crippen LogP contribution in [0.5, 0.6) is 0 Å². The van der Waals surface area contributed by atoms with Gasteiger partial charge in [-0.1, -0.05) is 25.1 Å². The maximum absolute atomic E-state index is 12.3. The van der Waals surface area contributed by atoms with E-state index in [1.165, 1.54) is 18.5 Å². The second kappa shape index (κ2) is 7.69. The fraction of sp³-hybridized carbons (Fsp3) is 0.579. The summed E-state index contributed by atoms with van der Waals surface area (Å²) in [4.78, 5) is 28.3. The second-order valence-corrected chi connectivity index (χ2v) is 7.00. The Morgan fingerprint density at radius 1 is 1.12 bits per heavy atom. The zero-order valence-corrected chi connectivity index (χ0v) is 14.4. The van der Waals surface area contributed by atoms with Crippen molar-refractivity contribution in [2.24, 2.45) is 11.8 Å². The molecule has 1 saturated carbocycles. The van der Waals surface area contributed by atoms with Crippen molar-refractivity contribution in [2.45, 2.75) is 26.2 Å². The number of carbonyl (C=O) groups is 2. The van der Waals surface area contributed by atoms with Gasteiger partial charge in [-0.15, -0.1) is 0 Å². The number of rotatable bonds is 6. The molecule has 0 aromatic heterocycles. The molecule has 0 radical (unpaired) electrons. The van der Waals surface area contributed by atoms with Gasteiger partial charge >= 0.3 is 0 Å². The molecule has 1 aromatic carbocycles. The Morgan fingerprint density at radius 3 is 2.42 bits per heavy atom. The fourth-order valence-electron chi connectivity index (χ4n) is 3.34. The number of para-hydroxylation sites is 1. The maximum Gasteiger partial charge on any atom is 0.242 e. The largest absolute Gasteiger partial charge is 0.368 e. The van der Waals surface area contributed by atoms with E-state index in [1.807, 2.05) is 23.1 Å². The van der Waals surface area contributed by atoms with E-state index in [0.29, 0.717) is 25.4 Å². The van der Waals surface area contributed by atoms with E-state index in [9.17, 15) is 9.59 Å². The Hall–Kier alpha value is -2.04. The van der Waals surface area contributed by atoms with E-state index < -0.39 is 0 Å². The van der Waals surface area contributed by atoms with Gasteiger partial charge < -0.3 is 15.1 Å². The lowest BCUT2D eigenvalue weighted by atomic mass is 10.0. The van der Waals surface area contributed by atoms with Crippen molar-refractivity contribution < 1.29 is 9.59 Å². The van der Waals surface area contributed by atoms with E-state index in [1.54, 1.807) is 0 Å². The van der Waals surface area contributed by atoms with Gasteiger partial charge in [-0.2, -0.15) is 0 Å². The van der Waals surface area contributed by atoms with Crippen molar-refractivity contribution >= 4 is 17.5 Å². The highest BCUT2D eigenvalue weighted by atomic mass is 16.2. The predicted octanol–water partition coefficient (Wildman–Crippen LogP) is 1.89. The van der Waals surface area contributed by atoms with Crippen LogP contribution >= 0.6 is 0 Å². The first kappa shape index (κ1) is 16.8. The molecule has 130 valence electrons. The van der Waals surface area contributed by atoms with Crippen molar-refractivity contribution in [1.29, 1.82) is 0 Å². The zero-order chi connectivity index (χ0) is 16.9. The average Bonchev–Trinajstić information content (AvgIpc) is 3.46. The third-order valence-corrected chi connectivity index (χ3v) is 5.12. The van der Waals surface area contributed by atoms with Crippen LogP contribution < -0.4 is 10.2 Å². The normalized spacial score (nSPS) is 19.0. The van der Waals surface area contributed by atoms with E-state index in [-0.39, 0.29) is 18.4 Å². The number of hydrogen-bond donors (Lipinski definition) is 1. The zero-order valence-electron chi connectivity index (χ0n) is 14.4. The number of hydrogen-bond acceptors (Lipinski definition) is 3. The van der Waals surface area contributed by atoms with E-state index >= 15 is 0 Å². The Labute approximate surface area is 144 Å². The van der Waals surface area contributed by atoms with Gasteiger partial charge in [0.25, 0.3) is 0 Å². The number of piperazine rings is 1. The Bertz CT molecular complexity index is 563. The minimum Gasteiger partial charge on any atom is -0.368 e. The van der Waals surface area contributed by atoms with Crippen molar-refractivity contribution in [1.82, 2.24) is 10.2 Å². The quantitative estimate of drug-likeness (QED) is 0.867. The lowest BCUT2D eigenvalue weighted by Gasteiger charge is -2.36. The summed E-state index contributed by atoms with van der Waals surface area (Å²) < 4.78 is 0. The van der Waals surface area contributed by atoms with Crippen molar-refractivity contribution in [3.8, 4) is 0 Å². The van der Waals surface area contributed by atoms with Gasteiger partial charge in [0.15, 0.2) is 0 Å². The molecule has 1 saturated heterocycles. The molecule has 24 heavy (non-hydrogen) atoms. The molecule has 1 atom stereocenters. The van der Waals surface area contributed by atoms with Gasteiger partial charge in [0.2, 0.25) is 11.8 Å². The highest BCUT2D eigenvalue weighted by Crippen LogP contribution is 2.37. The van der Waals surface area contributed by atoms with Crippen LogP contribution in [-0.4, -0.2) is 49.4 Å². The van der Waals surface area contributed by atoms with Crippen LogP contribution in [0.4, 0.5) is 5.69 Å². The Kier molecular flexibility index (Phi) is 5.38. The van der Waals surface area contributed by atoms with Gasteiger partial charge in [-0.05, 0) is 36.8 Å². The standard InChI is InChI=1S/C19H27N3O2/c1-15(16-7-8-16)13-18(23)20-14-19(24)22-11-9-21(10-12-22)17-5-3-2-4-6-17/h2-6,15-16H,7-14H2,1H3,(H,20,23)/t15-/m1/s1. The molecule has 0 unspecified atom stereocenters. The Morgan fingerprint density at radius 2 is 1.79 bits per heavy atom. The summed E-state index contributed by atoms with van der Waals surface area (Å²) in [5.74, 6) is 1.19. The van der Waals surface area contributed by atoms with Gasteiger partial charge in [-0.3, -0.25) is 9.59 Å². The van der Waals surface area contributed by atoms with Crippen molar-refractivity contribution in [3.63, 3.8) is 0 Å². The van der Waals surface area contributed by atoms with Crippen LogP contribution in [0, 0.1) is 11.8 Å². The molecule has 2 aliphatic rings. The van der Waals surface area contributed by atoms with Crippen LogP contribution in [0.1, 0.15) is 26.2 Å². The molecule has 0 bridgehead atoms. The molecular weight excluding hydrogens is 302 g/mol. The molecule has 5 nitrogen and oxygen atoms in total. The molecule has 0 spiro atoms. The summed E-state index contributed by atoms with van der Waals surface area (Å²) in [5, 5.41) is 2.79. The van der Waals surface area contributed by atoms with Crippen LogP contribution in [-0.2, 0) is 9.59 Å². The summed E-state index contributed by atoms with van der Waals surface area (Å²) in [6, 6.07) is 10.3. The number of amides is 2. The first-order valence-corrected chi connectivity index (χ1v) is 8.98. The molecule has 2 amide bonds. The molecule has 1 aliphatic heterocycles. The minimum absolute atomic E-state index is 0.00525. The number of carbonyl (C=O) groups excluding carboxylic acids is 2. The molecule has 1 aliphatic carbocycles. The molecule has 1 N–H and O–H groups in total. The fourth-order valence-corrected chi connectivity index (χ4v) is 3.34. The lowest BCUT2D eigenvalue weighted by Crippen LogP contribution is -2.51. The summed E-state index contributed by atoms with van der Waals surface area (Å²) in [7, 11) is 0. The number of nitrogens with one attached hydrogen (secondary N) is 1. The monoisotopic (exact) mass is 329 g/mol. The minimum atomic E-state index is 0.00525. The lowest BCUT2D eigenvalue weighted by molar-refractivity contribution is -0.133. The molecule has 5 heteroatoms. The van der Waals surface area contributed by atoms with Gasteiger partial charge in [0.05, 0.1) is 6.54 Å². The molecule has 3 rings (SSSR count). The van der Waals surface area contributed by atoms with Gasteiger partial charge in [-0.25, -0.2) is 0 Å². The third kappa shape index (κ3) is 4.49. The van der Waals surface area contributed by atoms with Crippen LogP contribution in [0.2, 0.25) is 0 Å². The summed E-state index contributed by atoms with van der Waals surface area (Å²) in [6.07, 6.45) is 3.04. The summed E-state index contributed by atoms with van der Waals surface area (Å²) >= 11 is 0. The SMILES string of the molecule is C[C@H](CC(=O)NCC(=O)N1CCN(c2ccccc2)CC1)C1CC1.